The van der Waals surface area contributed by atoms with Crippen molar-refractivity contribution >= 4 is 27.5 Å². The molecule has 2 heterocycles. The Morgan fingerprint density at radius 1 is 1.12 bits per heavy atom. The molecule has 2 amide bonds. The van der Waals surface area contributed by atoms with Crippen LogP contribution in [0, 0.1) is 11.8 Å². The molecule has 1 aromatic carbocycles. The van der Waals surface area contributed by atoms with Gasteiger partial charge in [-0.1, -0.05) is 0 Å². The van der Waals surface area contributed by atoms with Crippen LogP contribution in [-0.4, -0.2) is 75.4 Å². The Morgan fingerprint density at radius 3 is 2.56 bits per heavy atom. The Labute approximate surface area is 189 Å². The van der Waals surface area contributed by atoms with Gasteiger partial charge in [0.2, 0.25) is 21.8 Å². The Kier molecular flexibility index (Phi) is 7.02. The summed E-state index contributed by atoms with van der Waals surface area (Å²) >= 11 is 0. The van der Waals surface area contributed by atoms with Gasteiger partial charge in [-0.3, -0.25) is 9.59 Å². The molecule has 4 rings (SSSR count). The maximum atomic E-state index is 13.2. The van der Waals surface area contributed by atoms with E-state index in [2.05, 4.69) is 5.32 Å². The molecule has 0 aromatic heterocycles. The third-order valence-electron chi connectivity index (χ3n) is 6.13. The molecule has 2 aliphatic heterocycles. The van der Waals surface area contributed by atoms with Gasteiger partial charge < -0.3 is 19.7 Å². The number of hydrogen-bond acceptors (Lipinski definition) is 6. The second kappa shape index (κ2) is 9.76. The maximum absolute atomic E-state index is 13.2. The summed E-state index contributed by atoms with van der Waals surface area (Å²) in [7, 11) is -3.80. The number of benzene rings is 1. The van der Waals surface area contributed by atoms with E-state index in [0.717, 1.165) is 19.3 Å². The first kappa shape index (κ1) is 23.0. The molecular formula is C22H31N3O6S. The first-order chi connectivity index (χ1) is 15.4. The van der Waals surface area contributed by atoms with Crippen molar-refractivity contribution in [2.75, 3.05) is 51.3 Å². The van der Waals surface area contributed by atoms with Gasteiger partial charge in [0.25, 0.3) is 0 Å². The minimum atomic E-state index is -3.80. The second-order valence-corrected chi connectivity index (χ2v) is 10.4. The number of piperidine rings is 1. The quantitative estimate of drug-likeness (QED) is 0.657. The van der Waals surface area contributed by atoms with Crippen LogP contribution >= 0.6 is 0 Å². The first-order valence-corrected chi connectivity index (χ1v) is 12.8. The number of morpholine rings is 1. The fourth-order valence-corrected chi connectivity index (χ4v) is 5.78. The summed E-state index contributed by atoms with van der Waals surface area (Å²) in [6.07, 6.45) is 3.38. The van der Waals surface area contributed by atoms with Crippen LogP contribution < -0.4 is 10.1 Å². The highest BCUT2D eigenvalue weighted by Gasteiger charge is 2.37. The molecular weight excluding hydrogens is 434 g/mol. The van der Waals surface area contributed by atoms with Crippen LogP contribution in [0.2, 0.25) is 0 Å². The van der Waals surface area contributed by atoms with Crippen molar-refractivity contribution in [2.45, 2.75) is 37.5 Å². The number of nitrogens with one attached hydrogen (secondary N) is 1. The third kappa shape index (κ3) is 5.07. The molecule has 1 aliphatic carbocycles. The molecule has 1 aromatic rings. The zero-order valence-corrected chi connectivity index (χ0v) is 19.2. The van der Waals surface area contributed by atoms with E-state index in [9.17, 15) is 18.0 Å². The van der Waals surface area contributed by atoms with Crippen molar-refractivity contribution in [3.8, 4) is 5.75 Å². The van der Waals surface area contributed by atoms with E-state index in [1.807, 2.05) is 0 Å². The predicted octanol–water partition coefficient (Wildman–Crippen LogP) is 1.69. The number of hydrogen-bond donors (Lipinski definition) is 1. The van der Waals surface area contributed by atoms with E-state index < -0.39 is 10.0 Å². The lowest BCUT2D eigenvalue weighted by Gasteiger charge is -2.32. The van der Waals surface area contributed by atoms with Gasteiger partial charge >= 0.3 is 0 Å². The van der Waals surface area contributed by atoms with Crippen molar-refractivity contribution in [3.05, 3.63) is 18.2 Å². The van der Waals surface area contributed by atoms with Crippen molar-refractivity contribution in [2.24, 2.45) is 11.8 Å². The van der Waals surface area contributed by atoms with Gasteiger partial charge in [0.05, 0.1) is 25.7 Å². The molecule has 176 valence electrons. The Balaban J connectivity index is 1.50. The summed E-state index contributed by atoms with van der Waals surface area (Å²) in [5.41, 5.74) is 0.399. The molecule has 9 nitrogen and oxygen atoms in total. The summed E-state index contributed by atoms with van der Waals surface area (Å²) < 4.78 is 38.7. The summed E-state index contributed by atoms with van der Waals surface area (Å²) in [5.74, 6) is 0.0451. The van der Waals surface area contributed by atoms with Crippen LogP contribution in [0.25, 0.3) is 0 Å². The fraction of sp³-hybridized carbons (Fsp3) is 0.636. The SMILES string of the molecule is CCOc1ccc(NC(=O)C2CCCN(C(=O)C3CC3)C2)cc1S(=O)(=O)N1CCOCC1. The average Bonchev–Trinajstić information content (AvgIpc) is 3.66. The summed E-state index contributed by atoms with van der Waals surface area (Å²) in [6.45, 7) is 4.47. The fourth-order valence-electron chi connectivity index (χ4n) is 4.21. The largest absolute Gasteiger partial charge is 0.492 e. The third-order valence-corrected chi connectivity index (χ3v) is 8.05. The van der Waals surface area contributed by atoms with Crippen LogP contribution in [0.1, 0.15) is 32.6 Å². The van der Waals surface area contributed by atoms with Crippen molar-refractivity contribution < 1.29 is 27.5 Å². The lowest BCUT2D eigenvalue weighted by molar-refractivity contribution is -0.135. The van der Waals surface area contributed by atoms with Gasteiger partial charge in [0.15, 0.2) is 0 Å². The van der Waals surface area contributed by atoms with E-state index in [1.165, 1.54) is 10.4 Å². The van der Waals surface area contributed by atoms with Crippen molar-refractivity contribution in [1.29, 1.82) is 0 Å². The molecule has 1 saturated carbocycles. The van der Waals surface area contributed by atoms with Crippen LogP contribution in [-0.2, 0) is 24.3 Å². The topological polar surface area (TPSA) is 105 Å². The van der Waals surface area contributed by atoms with E-state index in [4.69, 9.17) is 9.47 Å². The van der Waals surface area contributed by atoms with Gasteiger partial charge in [-0.25, -0.2) is 8.42 Å². The van der Waals surface area contributed by atoms with E-state index in [1.54, 1.807) is 24.0 Å². The number of rotatable bonds is 7. The summed E-state index contributed by atoms with van der Waals surface area (Å²) in [5, 5.41) is 2.86. The minimum absolute atomic E-state index is 0.0354. The number of sulfonamides is 1. The standard InChI is InChI=1S/C22H31N3O6S/c1-2-31-19-8-7-18(14-20(19)32(28,29)25-10-12-30-13-11-25)23-21(26)17-4-3-9-24(15-17)22(27)16-5-6-16/h7-8,14,16-17H,2-6,9-13,15H2,1H3,(H,23,26). The molecule has 1 N–H and O–H groups in total. The van der Waals surface area contributed by atoms with Gasteiger partial charge in [0.1, 0.15) is 10.6 Å². The van der Waals surface area contributed by atoms with E-state index in [0.29, 0.717) is 45.0 Å². The van der Waals surface area contributed by atoms with Crippen LogP contribution in [0.4, 0.5) is 5.69 Å². The molecule has 0 bridgehead atoms. The van der Waals surface area contributed by atoms with Gasteiger partial charge in [-0.15, -0.1) is 0 Å². The van der Waals surface area contributed by atoms with Crippen LogP contribution in [0.5, 0.6) is 5.75 Å². The molecule has 0 spiro atoms. The van der Waals surface area contributed by atoms with Crippen molar-refractivity contribution in [1.82, 2.24) is 9.21 Å². The highest BCUT2D eigenvalue weighted by molar-refractivity contribution is 7.89. The molecule has 1 atom stereocenters. The molecule has 32 heavy (non-hydrogen) atoms. The number of carbonyl (C=O) groups is 2. The van der Waals surface area contributed by atoms with Crippen molar-refractivity contribution in [3.63, 3.8) is 0 Å². The lowest BCUT2D eigenvalue weighted by atomic mass is 9.96. The number of nitrogens with zero attached hydrogens (tertiary/aromatic N) is 2. The van der Waals surface area contributed by atoms with Gasteiger partial charge in [0, 0.05) is 37.8 Å². The molecule has 0 radical (unpaired) electrons. The molecule has 3 fully saturated rings. The van der Waals surface area contributed by atoms with Crippen LogP contribution in [0.3, 0.4) is 0 Å². The Bertz CT molecular complexity index is 956. The Hall–Kier alpha value is -2.17. The number of likely N-dealkylation sites (tertiary alicyclic amines) is 1. The molecule has 2 saturated heterocycles. The summed E-state index contributed by atoms with van der Waals surface area (Å²) in [4.78, 5) is 27.2. The normalized spacial score (nSPS) is 22.4. The monoisotopic (exact) mass is 465 g/mol. The predicted molar refractivity (Wildman–Crippen MR) is 118 cm³/mol. The highest BCUT2D eigenvalue weighted by atomic mass is 32.2. The van der Waals surface area contributed by atoms with Crippen LogP contribution in [0.15, 0.2) is 23.1 Å². The summed E-state index contributed by atoms with van der Waals surface area (Å²) in [6, 6.07) is 4.69. The van der Waals surface area contributed by atoms with E-state index >= 15 is 0 Å². The second-order valence-electron chi connectivity index (χ2n) is 8.50. The highest BCUT2D eigenvalue weighted by Crippen LogP contribution is 2.33. The first-order valence-electron chi connectivity index (χ1n) is 11.3. The smallest absolute Gasteiger partial charge is 0.246 e. The van der Waals surface area contributed by atoms with Gasteiger partial charge in [-0.2, -0.15) is 4.31 Å². The zero-order valence-electron chi connectivity index (χ0n) is 18.4. The maximum Gasteiger partial charge on any atom is 0.246 e. The minimum Gasteiger partial charge on any atom is -0.492 e. The number of ether oxygens (including phenoxy) is 2. The lowest BCUT2D eigenvalue weighted by Crippen LogP contribution is -2.44. The number of carbonyl (C=O) groups excluding carboxylic acids is 2. The average molecular weight is 466 g/mol. The number of amides is 2. The molecule has 3 aliphatic rings. The van der Waals surface area contributed by atoms with E-state index in [-0.39, 0.29) is 47.4 Å². The molecule has 10 heteroatoms. The molecule has 1 unspecified atom stereocenters. The Morgan fingerprint density at radius 2 is 1.88 bits per heavy atom. The zero-order chi connectivity index (χ0) is 22.7. The van der Waals surface area contributed by atoms with Gasteiger partial charge in [-0.05, 0) is 50.8 Å². The number of anilines is 1.